The zero-order valence-electron chi connectivity index (χ0n) is 11.7. The van der Waals surface area contributed by atoms with Gasteiger partial charge in [-0.05, 0) is 31.4 Å². The molecule has 108 valence electrons. The molecule has 2 aromatic heterocycles. The number of hydrogen-bond acceptors (Lipinski definition) is 3. The van der Waals surface area contributed by atoms with E-state index >= 15 is 0 Å². The summed E-state index contributed by atoms with van der Waals surface area (Å²) in [5.74, 6) is 1.67. The number of imidazole rings is 2. The Labute approximate surface area is 127 Å². The van der Waals surface area contributed by atoms with Crippen molar-refractivity contribution in [3.63, 3.8) is 0 Å². The summed E-state index contributed by atoms with van der Waals surface area (Å²) in [5, 5.41) is 0.697. The molecule has 3 aromatic rings. The summed E-state index contributed by atoms with van der Waals surface area (Å²) in [6.07, 6.45) is 4.93. The van der Waals surface area contributed by atoms with Gasteiger partial charge in [0.2, 0.25) is 0 Å². The van der Waals surface area contributed by atoms with Gasteiger partial charge in [-0.3, -0.25) is 0 Å². The predicted molar refractivity (Wildman–Crippen MR) is 83.0 cm³/mol. The summed E-state index contributed by atoms with van der Waals surface area (Å²) < 4.78 is 1.99. The van der Waals surface area contributed by atoms with Crippen LogP contribution in [0.15, 0.2) is 24.4 Å². The lowest BCUT2D eigenvalue weighted by molar-refractivity contribution is 0.240. The average molecular weight is 302 g/mol. The SMILES string of the molecule is Cn1c(-c2cnc(C3(N)CCC3)[nH]2)nc2cccc(Cl)c21. The predicted octanol–water partition coefficient (Wildman–Crippen LogP) is 2.95. The van der Waals surface area contributed by atoms with Gasteiger partial charge in [-0.15, -0.1) is 0 Å². The van der Waals surface area contributed by atoms with Crippen LogP contribution in [-0.4, -0.2) is 19.5 Å². The van der Waals surface area contributed by atoms with Crippen molar-refractivity contribution in [2.45, 2.75) is 24.8 Å². The van der Waals surface area contributed by atoms with Crippen LogP contribution in [0, 0.1) is 0 Å². The minimum absolute atomic E-state index is 0.291. The average Bonchev–Trinajstić information content (AvgIpc) is 3.02. The van der Waals surface area contributed by atoms with Crippen LogP contribution in [-0.2, 0) is 12.6 Å². The van der Waals surface area contributed by atoms with Crippen molar-refractivity contribution in [3.05, 3.63) is 35.2 Å². The highest BCUT2D eigenvalue weighted by Crippen LogP contribution is 2.38. The van der Waals surface area contributed by atoms with E-state index in [0.29, 0.717) is 5.02 Å². The fraction of sp³-hybridized carbons (Fsp3) is 0.333. The number of halogens is 1. The van der Waals surface area contributed by atoms with E-state index in [4.69, 9.17) is 17.3 Å². The lowest BCUT2D eigenvalue weighted by Crippen LogP contribution is -2.44. The largest absolute Gasteiger partial charge is 0.338 e. The van der Waals surface area contributed by atoms with E-state index in [1.807, 2.05) is 29.8 Å². The van der Waals surface area contributed by atoms with E-state index in [2.05, 4.69) is 15.0 Å². The second-order valence-electron chi connectivity index (χ2n) is 5.76. The minimum Gasteiger partial charge on any atom is -0.338 e. The molecule has 3 N–H and O–H groups in total. The molecule has 1 aliphatic rings. The van der Waals surface area contributed by atoms with Crippen molar-refractivity contribution in [2.24, 2.45) is 12.8 Å². The molecule has 0 bridgehead atoms. The number of H-pyrrole nitrogens is 1. The monoisotopic (exact) mass is 301 g/mol. The van der Waals surface area contributed by atoms with Crippen LogP contribution in [0.5, 0.6) is 0 Å². The molecule has 0 atom stereocenters. The lowest BCUT2D eigenvalue weighted by Gasteiger charge is -2.35. The normalized spacial score (nSPS) is 17.1. The molecule has 0 saturated heterocycles. The van der Waals surface area contributed by atoms with Crippen molar-refractivity contribution in [2.75, 3.05) is 0 Å². The van der Waals surface area contributed by atoms with E-state index in [-0.39, 0.29) is 5.54 Å². The van der Waals surface area contributed by atoms with Gasteiger partial charge in [0.15, 0.2) is 5.82 Å². The fourth-order valence-corrected chi connectivity index (χ4v) is 3.24. The standard InChI is InChI=1S/C15H16ClN5/c1-21-12-9(16)4-2-5-10(12)19-13(21)11-8-18-14(20-11)15(17)6-3-7-15/h2,4-5,8H,3,6-7,17H2,1H3,(H,18,20). The Morgan fingerprint density at radius 1 is 1.38 bits per heavy atom. The number of aromatic amines is 1. The molecule has 0 aliphatic heterocycles. The molecule has 1 fully saturated rings. The number of nitrogens with zero attached hydrogens (tertiary/aromatic N) is 3. The number of benzene rings is 1. The Morgan fingerprint density at radius 2 is 2.19 bits per heavy atom. The molecule has 1 saturated carbocycles. The third-order valence-corrected chi connectivity index (χ3v) is 4.68. The maximum absolute atomic E-state index is 6.31. The van der Waals surface area contributed by atoms with Crippen molar-refractivity contribution < 1.29 is 0 Å². The molecule has 0 radical (unpaired) electrons. The molecule has 5 nitrogen and oxygen atoms in total. The lowest BCUT2D eigenvalue weighted by atomic mass is 9.77. The van der Waals surface area contributed by atoms with Gasteiger partial charge in [-0.2, -0.15) is 0 Å². The zero-order valence-corrected chi connectivity index (χ0v) is 12.5. The summed E-state index contributed by atoms with van der Waals surface area (Å²) in [7, 11) is 1.96. The second kappa shape index (κ2) is 4.32. The number of rotatable bonds is 2. The van der Waals surface area contributed by atoms with Crippen LogP contribution in [0.4, 0.5) is 0 Å². The molecule has 4 rings (SSSR count). The minimum atomic E-state index is -0.291. The van der Waals surface area contributed by atoms with Gasteiger partial charge >= 0.3 is 0 Å². The van der Waals surface area contributed by atoms with Crippen LogP contribution in [0.3, 0.4) is 0 Å². The van der Waals surface area contributed by atoms with Crippen LogP contribution in [0.2, 0.25) is 5.02 Å². The first-order valence-corrected chi connectivity index (χ1v) is 7.42. The van der Waals surface area contributed by atoms with Gasteiger partial charge in [0.1, 0.15) is 11.5 Å². The van der Waals surface area contributed by atoms with Gasteiger partial charge in [-0.1, -0.05) is 17.7 Å². The Kier molecular flexibility index (Phi) is 2.65. The van der Waals surface area contributed by atoms with E-state index in [1.165, 1.54) is 0 Å². The first kappa shape index (κ1) is 12.9. The molecule has 6 heteroatoms. The van der Waals surface area contributed by atoms with Gasteiger partial charge in [0.05, 0.1) is 27.8 Å². The Bertz CT molecular complexity index is 828. The third kappa shape index (κ3) is 1.81. The molecule has 1 aliphatic carbocycles. The molecular weight excluding hydrogens is 286 g/mol. The number of para-hydroxylation sites is 1. The zero-order chi connectivity index (χ0) is 14.6. The first-order chi connectivity index (χ1) is 10.1. The van der Waals surface area contributed by atoms with Crippen molar-refractivity contribution in [3.8, 4) is 11.5 Å². The maximum Gasteiger partial charge on any atom is 0.159 e. The maximum atomic E-state index is 6.31. The summed E-state index contributed by atoms with van der Waals surface area (Å²) >= 11 is 6.27. The highest BCUT2D eigenvalue weighted by Gasteiger charge is 2.37. The van der Waals surface area contributed by atoms with Crippen molar-refractivity contribution >= 4 is 22.6 Å². The highest BCUT2D eigenvalue weighted by molar-refractivity contribution is 6.35. The Balaban J connectivity index is 1.84. The first-order valence-electron chi connectivity index (χ1n) is 7.04. The van der Waals surface area contributed by atoms with E-state index in [1.54, 1.807) is 6.20 Å². The molecule has 0 unspecified atom stereocenters. The van der Waals surface area contributed by atoms with Crippen molar-refractivity contribution in [1.29, 1.82) is 0 Å². The highest BCUT2D eigenvalue weighted by atomic mass is 35.5. The fourth-order valence-electron chi connectivity index (χ4n) is 2.94. The van der Waals surface area contributed by atoms with E-state index in [9.17, 15) is 0 Å². The number of hydrogen-bond donors (Lipinski definition) is 2. The Morgan fingerprint density at radius 3 is 2.86 bits per heavy atom. The molecule has 2 heterocycles. The van der Waals surface area contributed by atoms with E-state index < -0.39 is 0 Å². The molecule has 0 amide bonds. The van der Waals surface area contributed by atoms with Gasteiger partial charge in [0, 0.05) is 7.05 Å². The van der Waals surface area contributed by atoms with Crippen LogP contribution >= 0.6 is 11.6 Å². The summed E-state index contributed by atoms with van der Waals surface area (Å²) in [5.41, 5.74) is 8.70. The number of fused-ring (bicyclic) bond motifs is 1. The van der Waals surface area contributed by atoms with Gasteiger partial charge in [0.25, 0.3) is 0 Å². The van der Waals surface area contributed by atoms with Crippen molar-refractivity contribution in [1.82, 2.24) is 19.5 Å². The summed E-state index contributed by atoms with van der Waals surface area (Å²) in [6.45, 7) is 0. The smallest absolute Gasteiger partial charge is 0.159 e. The summed E-state index contributed by atoms with van der Waals surface area (Å²) in [6, 6.07) is 5.73. The number of nitrogens with one attached hydrogen (secondary N) is 1. The van der Waals surface area contributed by atoms with Gasteiger partial charge < -0.3 is 15.3 Å². The van der Waals surface area contributed by atoms with Crippen LogP contribution in [0.1, 0.15) is 25.1 Å². The molecule has 0 spiro atoms. The van der Waals surface area contributed by atoms with Crippen LogP contribution < -0.4 is 5.73 Å². The van der Waals surface area contributed by atoms with Gasteiger partial charge in [-0.25, -0.2) is 9.97 Å². The number of aromatic nitrogens is 4. The molecule has 1 aromatic carbocycles. The van der Waals surface area contributed by atoms with Crippen LogP contribution in [0.25, 0.3) is 22.6 Å². The van der Waals surface area contributed by atoms with E-state index in [0.717, 1.165) is 47.6 Å². The quantitative estimate of drug-likeness (QED) is 0.764. The topological polar surface area (TPSA) is 72.5 Å². The second-order valence-corrected chi connectivity index (χ2v) is 6.16. The molecular formula is C15H16ClN5. The third-order valence-electron chi connectivity index (χ3n) is 4.38. The molecule has 21 heavy (non-hydrogen) atoms. The summed E-state index contributed by atoms with van der Waals surface area (Å²) in [4.78, 5) is 12.4. The Hall–Kier alpha value is -1.85. The number of aryl methyl sites for hydroxylation is 1. The number of nitrogens with two attached hydrogens (primary N) is 1.